The van der Waals surface area contributed by atoms with E-state index in [1.807, 2.05) is 30.3 Å². The monoisotopic (exact) mass is 322 g/mol. The summed E-state index contributed by atoms with van der Waals surface area (Å²) >= 11 is 0. The molecular weight excluding hydrogens is 304 g/mol. The molecule has 1 aliphatic heterocycles. The Labute approximate surface area is 139 Å². The Kier molecular flexibility index (Phi) is 3.86. The summed E-state index contributed by atoms with van der Waals surface area (Å²) < 4.78 is 7.31. The molecule has 3 aromatic rings. The summed E-state index contributed by atoms with van der Waals surface area (Å²) in [6, 6.07) is 13.6. The molecule has 1 aromatic carbocycles. The summed E-state index contributed by atoms with van der Waals surface area (Å²) in [7, 11) is 0. The van der Waals surface area contributed by atoms with Crippen molar-refractivity contribution in [1.82, 2.24) is 20.1 Å². The van der Waals surface area contributed by atoms with Gasteiger partial charge in [-0.05, 0) is 25.0 Å². The summed E-state index contributed by atoms with van der Waals surface area (Å²) in [5.74, 6) is 2.06. The Morgan fingerprint density at radius 2 is 2.00 bits per heavy atom. The third-order valence-corrected chi connectivity index (χ3v) is 4.36. The topological polar surface area (TPSA) is 73.0 Å². The Morgan fingerprint density at radius 1 is 1.12 bits per heavy atom. The molecule has 0 fully saturated rings. The predicted octanol–water partition coefficient (Wildman–Crippen LogP) is 2.67. The molecule has 122 valence electrons. The van der Waals surface area contributed by atoms with Crippen LogP contribution in [0, 0.1) is 0 Å². The number of carbonyl (C=O) groups is 1. The lowest BCUT2D eigenvalue weighted by Crippen LogP contribution is -2.35. The SMILES string of the molecule is O=C(NC1CCc2nnc(-c3ccccc3)n2CC1)c1ccco1. The van der Waals surface area contributed by atoms with Crippen LogP contribution in [-0.2, 0) is 13.0 Å². The molecule has 3 heterocycles. The van der Waals surface area contributed by atoms with E-state index in [0.29, 0.717) is 5.76 Å². The van der Waals surface area contributed by atoms with Crippen LogP contribution in [0.15, 0.2) is 53.1 Å². The Balaban J connectivity index is 1.49. The lowest BCUT2D eigenvalue weighted by Gasteiger charge is -2.15. The lowest BCUT2D eigenvalue weighted by molar-refractivity contribution is 0.0905. The highest BCUT2D eigenvalue weighted by Gasteiger charge is 2.22. The maximum Gasteiger partial charge on any atom is 0.287 e. The normalized spacial score (nSPS) is 17.1. The first-order valence-corrected chi connectivity index (χ1v) is 8.13. The number of aryl methyl sites for hydroxylation is 1. The number of nitrogens with zero attached hydrogens (tertiary/aromatic N) is 3. The number of rotatable bonds is 3. The van der Waals surface area contributed by atoms with Crippen LogP contribution >= 0.6 is 0 Å². The molecule has 1 unspecified atom stereocenters. The van der Waals surface area contributed by atoms with E-state index in [2.05, 4.69) is 20.1 Å². The number of fused-ring (bicyclic) bond motifs is 1. The molecule has 1 N–H and O–H groups in total. The van der Waals surface area contributed by atoms with E-state index < -0.39 is 0 Å². The zero-order chi connectivity index (χ0) is 16.4. The van der Waals surface area contributed by atoms with Crippen molar-refractivity contribution in [1.29, 1.82) is 0 Å². The number of aromatic nitrogens is 3. The minimum absolute atomic E-state index is 0.105. The summed E-state index contributed by atoms with van der Waals surface area (Å²) in [5, 5.41) is 11.7. The maximum atomic E-state index is 12.1. The molecule has 6 nitrogen and oxygen atoms in total. The van der Waals surface area contributed by atoms with E-state index in [1.165, 1.54) is 6.26 Å². The highest BCUT2D eigenvalue weighted by Crippen LogP contribution is 2.22. The molecule has 0 bridgehead atoms. The first-order chi connectivity index (χ1) is 11.8. The third-order valence-electron chi connectivity index (χ3n) is 4.36. The number of hydrogen-bond acceptors (Lipinski definition) is 4. The summed E-state index contributed by atoms with van der Waals surface area (Å²) in [6.45, 7) is 0.787. The van der Waals surface area contributed by atoms with Crippen LogP contribution in [0.1, 0.15) is 29.2 Å². The number of furan rings is 1. The second-order valence-corrected chi connectivity index (χ2v) is 5.93. The van der Waals surface area contributed by atoms with E-state index in [-0.39, 0.29) is 11.9 Å². The average molecular weight is 322 g/mol. The Hall–Kier alpha value is -2.89. The van der Waals surface area contributed by atoms with Gasteiger partial charge in [0, 0.05) is 24.6 Å². The maximum absolute atomic E-state index is 12.1. The van der Waals surface area contributed by atoms with E-state index in [9.17, 15) is 4.79 Å². The van der Waals surface area contributed by atoms with Crippen molar-refractivity contribution >= 4 is 5.91 Å². The van der Waals surface area contributed by atoms with Gasteiger partial charge in [-0.25, -0.2) is 0 Å². The first-order valence-electron chi connectivity index (χ1n) is 8.13. The van der Waals surface area contributed by atoms with Gasteiger partial charge < -0.3 is 14.3 Å². The molecule has 1 amide bonds. The molecule has 1 aliphatic rings. The van der Waals surface area contributed by atoms with Gasteiger partial charge in [0.15, 0.2) is 11.6 Å². The molecule has 6 heteroatoms. The fourth-order valence-corrected chi connectivity index (χ4v) is 3.10. The number of nitrogens with one attached hydrogen (secondary N) is 1. The first kappa shape index (κ1) is 14.7. The quantitative estimate of drug-likeness (QED) is 0.804. The van der Waals surface area contributed by atoms with E-state index >= 15 is 0 Å². The smallest absolute Gasteiger partial charge is 0.287 e. The van der Waals surface area contributed by atoms with Crippen molar-refractivity contribution in [3.05, 3.63) is 60.3 Å². The van der Waals surface area contributed by atoms with Gasteiger partial charge in [0.1, 0.15) is 5.82 Å². The van der Waals surface area contributed by atoms with Crippen molar-refractivity contribution < 1.29 is 9.21 Å². The molecule has 2 aromatic heterocycles. The van der Waals surface area contributed by atoms with E-state index in [4.69, 9.17) is 4.42 Å². The zero-order valence-electron chi connectivity index (χ0n) is 13.2. The van der Waals surface area contributed by atoms with Gasteiger partial charge in [-0.1, -0.05) is 30.3 Å². The van der Waals surface area contributed by atoms with Crippen LogP contribution in [-0.4, -0.2) is 26.7 Å². The highest BCUT2D eigenvalue weighted by atomic mass is 16.3. The summed E-state index contributed by atoms with van der Waals surface area (Å²) in [4.78, 5) is 12.1. The van der Waals surface area contributed by atoms with Crippen LogP contribution in [0.5, 0.6) is 0 Å². The van der Waals surface area contributed by atoms with Gasteiger partial charge in [0.2, 0.25) is 0 Å². The van der Waals surface area contributed by atoms with Crippen LogP contribution in [0.25, 0.3) is 11.4 Å². The van der Waals surface area contributed by atoms with Crippen molar-refractivity contribution in [3.63, 3.8) is 0 Å². The predicted molar refractivity (Wildman–Crippen MR) is 88.4 cm³/mol. The van der Waals surface area contributed by atoms with Crippen molar-refractivity contribution in [2.75, 3.05) is 0 Å². The van der Waals surface area contributed by atoms with Crippen LogP contribution in [0.2, 0.25) is 0 Å². The van der Waals surface area contributed by atoms with Crippen LogP contribution < -0.4 is 5.32 Å². The number of hydrogen-bond donors (Lipinski definition) is 1. The standard InChI is InChI=1S/C18H18N4O2/c23-18(15-7-4-12-24-15)19-14-8-9-16-20-21-17(22(16)11-10-14)13-5-2-1-3-6-13/h1-7,12,14H,8-11H2,(H,19,23). The number of carbonyl (C=O) groups excluding carboxylic acids is 1. The third kappa shape index (κ3) is 2.82. The van der Waals surface area contributed by atoms with Gasteiger partial charge in [-0.3, -0.25) is 4.79 Å². The second kappa shape index (κ2) is 6.31. The molecule has 4 rings (SSSR count). The van der Waals surface area contributed by atoms with Crippen LogP contribution in [0.4, 0.5) is 0 Å². The van der Waals surface area contributed by atoms with Gasteiger partial charge in [0.25, 0.3) is 5.91 Å². The van der Waals surface area contributed by atoms with Gasteiger partial charge >= 0.3 is 0 Å². The lowest BCUT2D eigenvalue weighted by atomic mass is 10.1. The van der Waals surface area contributed by atoms with Crippen LogP contribution in [0.3, 0.4) is 0 Å². The minimum Gasteiger partial charge on any atom is -0.459 e. The minimum atomic E-state index is -0.161. The van der Waals surface area contributed by atoms with Gasteiger partial charge in [-0.2, -0.15) is 0 Å². The second-order valence-electron chi connectivity index (χ2n) is 5.93. The zero-order valence-corrected chi connectivity index (χ0v) is 13.2. The molecule has 0 radical (unpaired) electrons. The fraction of sp³-hybridized carbons (Fsp3) is 0.278. The number of amides is 1. The Bertz CT molecular complexity index is 824. The molecule has 0 saturated heterocycles. The molecule has 0 saturated carbocycles. The molecule has 1 atom stereocenters. The summed E-state index contributed by atoms with van der Waals surface area (Å²) in [5.41, 5.74) is 1.06. The fourth-order valence-electron chi connectivity index (χ4n) is 3.10. The Morgan fingerprint density at radius 3 is 2.79 bits per heavy atom. The molecule has 24 heavy (non-hydrogen) atoms. The molecular formula is C18H18N4O2. The van der Waals surface area contributed by atoms with E-state index in [1.54, 1.807) is 12.1 Å². The average Bonchev–Trinajstić information content (AvgIpc) is 3.24. The van der Waals surface area contributed by atoms with Crippen molar-refractivity contribution in [2.24, 2.45) is 0 Å². The van der Waals surface area contributed by atoms with Crippen molar-refractivity contribution in [3.8, 4) is 11.4 Å². The molecule has 0 spiro atoms. The largest absolute Gasteiger partial charge is 0.459 e. The van der Waals surface area contributed by atoms with Gasteiger partial charge in [-0.15, -0.1) is 10.2 Å². The van der Waals surface area contributed by atoms with E-state index in [0.717, 1.165) is 43.0 Å². The highest BCUT2D eigenvalue weighted by molar-refractivity contribution is 5.91. The van der Waals surface area contributed by atoms with Gasteiger partial charge in [0.05, 0.1) is 6.26 Å². The molecule has 0 aliphatic carbocycles. The number of benzene rings is 1. The van der Waals surface area contributed by atoms with Crippen molar-refractivity contribution in [2.45, 2.75) is 31.8 Å². The summed E-state index contributed by atoms with van der Waals surface area (Å²) in [6.07, 6.45) is 4.00.